The highest BCUT2D eigenvalue weighted by atomic mass is 15.2. The van der Waals surface area contributed by atoms with Gasteiger partial charge >= 0.3 is 0 Å². The third-order valence-electron chi connectivity index (χ3n) is 3.95. The quantitative estimate of drug-likeness (QED) is 0.743. The van der Waals surface area contributed by atoms with Crippen molar-refractivity contribution in [2.24, 2.45) is 5.92 Å². The normalized spacial score (nSPS) is 16.1. The van der Waals surface area contributed by atoms with Gasteiger partial charge in [0.15, 0.2) is 0 Å². The van der Waals surface area contributed by atoms with Crippen LogP contribution in [0.4, 0.5) is 5.82 Å². The SMILES string of the molecule is CCCNC(C)c1cccnc1N(CCC)CC1CC1. The zero-order chi connectivity index (χ0) is 14.4. The van der Waals surface area contributed by atoms with Gasteiger partial charge < -0.3 is 10.2 Å². The molecule has 0 amide bonds. The topological polar surface area (TPSA) is 28.2 Å². The molecule has 0 saturated heterocycles. The molecule has 2 rings (SSSR count). The molecule has 112 valence electrons. The van der Waals surface area contributed by atoms with Gasteiger partial charge in [-0.3, -0.25) is 0 Å². The van der Waals surface area contributed by atoms with Gasteiger partial charge in [-0.2, -0.15) is 0 Å². The second kappa shape index (κ2) is 7.63. The Hall–Kier alpha value is -1.09. The molecule has 1 atom stereocenters. The van der Waals surface area contributed by atoms with E-state index < -0.39 is 0 Å². The number of aromatic nitrogens is 1. The molecule has 1 unspecified atom stereocenters. The Morgan fingerprint density at radius 3 is 2.80 bits per heavy atom. The lowest BCUT2D eigenvalue weighted by Crippen LogP contribution is -2.30. The fourth-order valence-electron chi connectivity index (χ4n) is 2.65. The molecule has 3 heteroatoms. The van der Waals surface area contributed by atoms with Crippen LogP contribution in [-0.4, -0.2) is 24.6 Å². The maximum atomic E-state index is 4.69. The average molecular weight is 275 g/mol. The summed E-state index contributed by atoms with van der Waals surface area (Å²) >= 11 is 0. The minimum absolute atomic E-state index is 0.372. The van der Waals surface area contributed by atoms with Crippen LogP contribution >= 0.6 is 0 Å². The van der Waals surface area contributed by atoms with E-state index >= 15 is 0 Å². The van der Waals surface area contributed by atoms with E-state index in [4.69, 9.17) is 4.98 Å². The van der Waals surface area contributed by atoms with Crippen LogP contribution in [0.1, 0.15) is 58.1 Å². The molecule has 1 saturated carbocycles. The molecule has 1 aliphatic rings. The molecular formula is C17H29N3. The Morgan fingerprint density at radius 1 is 1.35 bits per heavy atom. The Morgan fingerprint density at radius 2 is 2.15 bits per heavy atom. The second-order valence-corrected chi connectivity index (χ2v) is 5.98. The molecule has 1 fully saturated rings. The molecule has 1 aliphatic carbocycles. The standard InChI is InChI=1S/C17H29N3/c1-4-10-18-14(3)16-7-6-11-19-17(16)20(12-5-2)13-15-8-9-15/h6-7,11,14-15,18H,4-5,8-10,12-13H2,1-3H3. The predicted molar refractivity (Wildman–Crippen MR) is 86.2 cm³/mol. The third-order valence-corrected chi connectivity index (χ3v) is 3.95. The molecule has 1 N–H and O–H groups in total. The lowest BCUT2D eigenvalue weighted by molar-refractivity contribution is 0.565. The first-order valence-corrected chi connectivity index (χ1v) is 8.19. The maximum absolute atomic E-state index is 4.69. The van der Waals surface area contributed by atoms with E-state index in [0.29, 0.717) is 6.04 Å². The van der Waals surface area contributed by atoms with Crippen LogP contribution in [0.25, 0.3) is 0 Å². The lowest BCUT2D eigenvalue weighted by Gasteiger charge is -2.27. The van der Waals surface area contributed by atoms with Gasteiger partial charge in [0.1, 0.15) is 5.82 Å². The van der Waals surface area contributed by atoms with Crippen molar-refractivity contribution in [3.8, 4) is 0 Å². The Balaban J connectivity index is 2.14. The molecular weight excluding hydrogens is 246 g/mol. The maximum Gasteiger partial charge on any atom is 0.133 e. The summed E-state index contributed by atoms with van der Waals surface area (Å²) in [6.07, 6.45) is 7.07. The lowest BCUT2D eigenvalue weighted by atomic mass is 10.1. The van der Waals surface area contributed by atoms with Crippen LogP contribution < -0.4 is 10.2 Å². The van der Waals surface area contributed by atoms with Crippen LogP contribution in [-0.2, 0) is 0 Å². The van der Waals surface area contributed by atoms with Gasteiger partial charge in [-0.15, -0.1) is 0 Å². The number of rotatable bonds is 9. The highest BCUT2D eigenvalue weighted by Gasteiger charge is 2.26. The summed E-state index contributed by atoms with van der Waals surface area (Å²) in [7, 11) is 0. The van der Waals surface area contributed by atoms with E-state index in [9.17, 15) is 0 Å². The molecule has 0 radical (unpaired) electrons. The van der Waals surface area contributed by atoms with E-state index in [2.05, 4.69) is 43.1 Å². The molecule has 1 heterocycles. The third kappa shape index (κ3) is 4.20. The van der Waals surface area contributed by atoms with Gasteiger partial charge in [0.2, 0.25) is 0 Å². The fraction of sp³-hybridized carbons (Fsp3) is 0.706. The average Bonchev–Trinajstić information content (AvgIpc) is 3.28. The van der Waals surface area contributed by atoms with Crippen molar-refractivity contribution in [2.75, 3.05) is 24.5 Å². The van der Waals surface area contributed by atoms with Gasteiger partial charge in [-0.25, -0.2) is 4.98 Å². The highest BCUT2D eigenvalue weighted by Crippen LogP contribution is 2.33. The summed E-state index contributed by atoms with van der Waals surface area (Å²) in [5.74, 6) is 2.09. The number of anilines is 1. The van der Waals surface area contributed by atoms with E-state index in [-0.39, 0.29) is 0 Å². The van der Waals surface area contributed by atoms with Crippen LogP contribution in [0.3, 0.4) is 0 Å². The van der Waals surface area contributed by atoms with Crippen molar-refractivity contribution in [1.82, 2.24) is 10.3 Å². The summed E-state index contributed by atoms with van der Waals surface area (Å²) < 4.78 is 0. The summed E-state index contributed by atoms with van der Waals surface area (Å²) in [5.41, 5.74) is 1.34. The monoisotopic (exact) mass is 275 g/mol. The molecule has 20 heavy (non-hydrogen) atoms. The van der Waals surface area contributed by atoms with E-state index in [1.54, 1.807) is 0 Å². The zero-order valence-corrected chi connectivity index (χ0v) is 13.2. The number of nitrogens with one attached hydrogen (secondary N) is 1. The van der Waals surface area contributed by atoms with E-state index in [1.807, 2.05) is 6.20 Å². The molecule has 1 aromatic rings. The first kappa shape index (κ1) is 15.3. The molecule has 0 aromatic carbocycles. The minimum Gasteiger partial charge on any atom is -0.356 e. The van der Waals surface area contributed by atoms with E-state index in [0.717, 1.165) is 19.0 Å². The van der Waals surface area contributed by atoms with Gasteiger partial charge in [-0.05, 0) is 51.1 Å². The number of nitrogens with zero attached hydrogens (tertiary/aromatic N) is 2. The second-order valence-electron chi connectivity index (χ2n) is 5.98. The first-order chi connectivity index (χ1) is 9.76. The van der Waals surface area contributed by atoms with Crippen LogP contribution in [0.2, 0.25) is 0 Å². The highest BCUT2D eigenvalue weighted by molar-refractivity contribution is 5.48. The van der Waals surface area contributed by atoms with Gasteiger partial charge in [0.25, 0.3) is 0 Å². The van der Waals surface area contributed by atoms with Crippen LogP contribution in [0, 0.1) is 5.92 Å². The van der Waals surface area contributed by atoms with Crippen molar-refractivity contribution >= 4 is 5.82 Å². The Bertz CT molecular complexity index is 401. The summed E-state index contributed by atoms with van der Waals surface area (Å²) in [6, 6.07) is 4.66. The smallest absolute Gasteiger partial charge is 0.133 e. The largest absolute Gasteiger partial charge is 0.356 e. The summed E-state index contributed by atoms with van der Waals surface area (Å²) in [6.45, 7) is 10.1. The Kier molecular flexibility index (Phi) is 5.84. The van der Waals surface area contributed by atoms with Crippen LogP contribution in [0.15, 0.2) is 18.3 Å². The van der Waals surface area contributed by atoms with Crippen molar-refractivity contribution in [1.29, 1.82) is 0 Å². The fourth-order valence-corrected chi connectivity index (χ4v) is 2.65. The first-order valence-electron chi connectivity index (χ1n) is 8.19. The van der Waals surface area contributed by atoms with E-state index in [1.165, 1.54) is 43.6 Å². The molecule has 0 bridgehead atoms. The minimum atomic E-state index is 0.372. The van der Waals surface area contributed by atoms with Crippen molar-refractivity contribution in [3.05, 3.63) is 23.9 Å². The molecule has 0 spiro atoms. The number of hydrogen-bond acceptors (Lipinski definition) is 3. The van der Waals surface area contributed by atoms with Gasteiger partial charge in [-0.1, -0.05) is 19.9 Å². The van der Waals surface area contributed by atoms with Crippen molar-refractivity contribution in [2.45, 2.75) is 52.5 Å². The number of pyridine rings is 1. The summed E-state index contributed by atoms with van der Waals surface area (Å²) in [4.78, 5) is 7.19. The predicted octanol–water partition coefficient (Wildman–Crippen LogP) is 3.77. The molecule has 1 aromatic heterocycles. The van der Waals surface area contributed by atoms with Gasteiger partial charge in [0.05, 0.1) is 0 Å². The number of hydrogen-bond donors (Lipinski definition) is 1. The Labute approximate surface area is 123 Å². The zero-order valence-electron chi connectivity index (χ0n) is 13.2. The molecule has 0 aliphatic heterocycles. The van der Waals surface area contributed by atoms with Crippen molar-refractivity contribution in [3.63, 3.8) is 0 Å². The van der Waals surface area contributed by atoms with Gasteiger partial charge in [0, 0.05) is 30.9 Å². The summed E-state index contributed by atoms with van der Waals surface area (Å²) in [5, 5.41) is 3.59. The van der Waals surface area contributed by atoms with Crippen LogP contribution in [0.5, 0.6) is 0 Å². The molecule has 3 nitrogen and oxygen atoms in total. The van der Waals surface area contributed by atoms with Crippen molar-refractivity contribution < 1.29 is 0 Å².